The Labute approximate surface area is 153 Å². The predicted molar refractivity (Wildman–Crippen MR) is 91.4 cm³/mol. The van der Waals surface area contributed by atoms with Gasteiger partial charge in [0, 0.05) is 18.5 Å². The minimum absolute atomic E-state index is 0.0358. The molecule has 2 rings (SSSR count). The van der Waals surface area contributed by atoms with Gasteiger partial charge in [-0.3, -0.25) is 9.59 Å². The lowest BCUT2D eigenvalue weighted by Crippen LogP contribution is -2.22. The lowest BCUT2D eigenvalue weighted by Gasteiger charge is -2.09. The third kappa shape index (κ3) is 6.65. The molecule has 2 aromatic rings. The largest absolute Gasteiger partial charge is 0.494 e. The zero-order chi connectivity index (χ0) is 19.9. The molecule has 1 amide bonds. The molecule has 0 fully saturated rings. The third-order valence-corrected chi connectivity index (χ3v) is 3.65. The van der Waals surface area contributed by atoms with Gasteiger partial charge in [-0.15, -0.1) is 0 Å². The Balaban J connectivity index is 1.82. The van der Waals surface area contributed by atoms with E-state index in [1.165, 1.54) is 0 Å². The van der Waals surface area contributed by atoms with Gasteiger partial charge >= 0.3 is 12.1 Å². The van der Waals surface area contributed by atoms with Crippen molar-refractivity contribution in [2.45, 2.75) is 25.6 Å². The fourth-order valence-corrected chi connectivity index (χ4v) is 2.21. The number of carboxylic acid groups (broad SMARTS) is 1. The number of ether oxygens (including phenoxy) is 1. The molecule has 0 saturated heterocycles. The molecule has 0 unspecified atom stereocenters. The Hall–Kier alpha value is -3.03. The van der Waals surface area contributed by atoms with Crippen molar-refractivity contribution in [2.24, 2.45) is 0 Å². The van der Waals surface area contributed by atoms with Crippen molar-refractivity contribution < 1.29 is 32.6 Å². The van der Waals surface area contributed by atoms with E-state index in [1.807, 2.05) is 0 Å². The van der Waals surface area contributed by atoms with E-state index in [0.29, 0.717) is 12.2 Å². The molecule has 8 heteroatoms. The summed E-state index contributed by atoms with van der Waals surface area (Å²) in [5.74, 6) is -0.770. The van der Waals surface area contributed by atoms with Crippen molar-refractivity contribution in [1.29, 1.82) is 0 Å². The van der Waals surface area contributed by atoms with Gasteiger partial charge in [-0.05, 0) is 48.4 Å². The van der Waals surface area contributed by atoms with E-state index in [1.54, 1.807) is 24.3 Å². The van der Waals surface area contributed by atoms with E-state index in [-0.39, 0.29) is 25.1 Å². The van der Waals surface area contributed by atoms with Gasteiger partial charge in [-0.25, -0.2) is 0 Å². The molecule has 2 N–H and O–H groups in total. The molecule has 27 heavy (non-hydrogen) atoms. The maximum atomic E-state index is 12.5. The van der Waals surface area contributed by atoms with Crippen molar-refractivity contribution in [3.05, 3.63) is 65.2 Å². The van der Waals surface area contributed by atoms with Crippen LogP contribution >= 0.6 is 0 Å². The number of hydrogen-bond acceptors (Lipinski definition) is 3. The first-order valence-electron chi connectivity index (χ1n) is 8.14. The molecule has 0 radical (unpaired) electrons. The molecule has 0 atom stereocenters. The Morgan fingerprint density at radius 1 is 1.00 bits per heavy atom. The second-order valence-corrected chi connectivity index (χ2v) is 5.75. The van der Waals surface area contributed by atoms with Crippen LogP contribution in [-0.2, 0) is 17.5 Å². The van der Waals surface area contributed by atoms with Gasteiger partial charge in [-0.1, -0.05) is 12.1 Å². The lowest BCUT2D eigenvalue weighted by molar-refractivity contribution is -0.138. The molecule has 0 aliphatic rings. The van der Waals surface area contributed by atoms with Crippen LogP contribution in [-0.4, -0.2) is 23.6 Å². The van der Waals surface area contributed by atoms with Crippen molar-refractivity contribution in [3.63, 3.8) is 0 Å². The van der Waals surface area contributed by atoms with Gasteiger partial charge in [0.25, 0.3) is 5.91 Å². The average Bonchev–Trinajstić information content (AvgIpc) is 2.63. The van der Waals surface area contributed by atoms with E-state index < -0.39 is 23.6 Å². The molecule has 0 bridgehead atoms. The van der Waals surface area contributed by atoms with Crippen LogP contribution in [0.2, 0.25) is 0 Å². The zero-order valence-corrected chi connectivity index (χ0v) is 14.3. The van der Waals surface area contributed by atoms with Gasteiger partial charge < -0.3 is 15.2 Å². The minimum Gasteiger partial charge on any atom is -0.494 e. The molecule has 0 heterocycles. The normalized spacial score (nSPS) is 11.1. The Morgan fingerprint density at radius 2 is 1.63 bits per heavy atom. The molecule has 0 spiro atoms. The number of nitrogens with one attached hydrogen (secondary N) is 1. The van der Waals surface area contributed by atoms with Crippen LogP contribution in [0.4, 0.5) is 13.2 Å². The van der Waals surface area contributed by atoms with Crippen LogP contribution in [0.15, 0.2) is 48.5 Å². The number of carbonyl (C=O) groups is 2. The summed E-state index contributed by atoms with van der Waals surface area (Å²) in [6.07, 6.45) is -4.00. The van der Waals surface area contributed by atoms with Gasteiger partial charge in [-0.2, -0.15) is 13.2 Å². The van der Waals surface area contributed by atoms with Crippen LogP contribution in [0.3, 0.4) is 0 Å². The number of aliphatic carboxylic acids is 1. The summed E-state index contributed by atoms with van der Waals surface area (Å²) in [5.41, 5.74) is 0.118. The van der Waals surface area contributed by atoms with Crippen LogP contribution in [0, 0.1) is 0 Å². The number of hydrogen-bond donors (Lipinski definition) is 2. The summed E-state index contributed by atoms with van der Waals surface area (Å²) < 4.78 is 43.0. The highest BCUT2D eigenvalue weighted by atomic mass is 19.4. The monoisotopic (exact) mass is 381 g/mol. The Bertz CT molecular complexity index is 771. The molecule has 144 valence electrons. The smallest absolute Gasteiger partial charge is 0.416 e. The molecular weight excluding hydrogens is 363 g/mol. The van der Waals surface area contributed by atoms with Gasteiger partial charge in [0.15, 0.2) is 0 Å². The summed E-state index contributed by atoms with van der Waals surface area (Å²) >= 11 is 0. The van der Waals surface area contributed by atoms with Crippen molar-refractivity contribution in [3.8, 4) is 5.75 Å². The van der Waals surface area contributed by atoms with Crippen LogP contribution in [0.1, 0.15) is 34.3 Å². The second kappa shape index (κ2) is 9.07. The number of carbonyl (C=O) groups excluding carboxylic acids is 1. The van der Waals surface area contributed by atoms with Crippen LogP contribution in [0.5, 0.6) is 5.75 Å². The van der Waals surface area contributed by atoms with Crippen molar-refractivity contribution >= 4 is 11.9 Å². The lowest BCUT2D eigenvalue weighted by atomic mass is 10.1. The first-order chi connectivity index (χ1) is 12.8. The maximum Gasteiger partial charge on any atom is 0.416 e. The molecule has 0 aliphatic heterocycles. The number of carboxylic acids is 1. The maximum absolute atomic E-state index is 12.5. The van der Waals surface area contributed by atoms with E-state index in [4.69, 9.17) is 9.84 Å². The number of alkyl halides is 3. The first-order valence-corrected chi connectivity index (χ1v) is 8.14. The van der Waals surface area contributed by atoms with Gasteiger partial charge in [0.1, 0.15) is 5.75 Å². The molecule has 0 saturated carbocycles. The standard InChI is InChI=1S/C19H18F3NO4/c20-19(21,22)15-7-5-14(6-8-15)18(26)23-12-13-3-9-16(10-4-13)27-11-1-2-17(24)25/h3-10H,1-2,11-12H2,(H,23,26)(H,24,25). The van der Waals surface area contributed by atoms with E-state index in [0.717, 1.165) is 29.8 Å². The average molecular weight is 381 g/mol. The highest BCUT2D eigenvalue weighted by molar-refractivity contribution is 5.94. The number of benzene rings is 2. The fourth-order valence-electron chi connectivity index (χ4n) is 2.21. The fraction of sp³-hybridized carbons (Fsp3) is 0.263. The van der Waals surface area contributed by atoms with E-state index in [9.17, 15) is 22.8 Å². The first kappa shape index (κ1) is 20.3. The Morgan fingerprint density at radius 3 is 2.19 bits per heavy atom. The highest BCUT2D eigenvalue weighted by Gasteiger charge is 2.30. The summed E-state index contributed by atoms with van der Waals surface area (Å²) in [6.45, 7) is 0.495. The number of halogens is 3. The molecular formula is C19H18F3NO4. The van der Waals surface area contributed by atoms with Crippen molar-refractivity contribution in [1.82, 2.24) is 5.32 Å². The topological polar surface area (TPSA) is 75.6 Å². The van der Waals surface area contributed by atoms with E-state index in [2.05, 4.69) is 5.32 Å². The Kier molecular flexibility index (Phi) is 6.81. The number of amides is 1. The molecule has 0 aliphatic carbocycles. The summed E-state index contributed by atoms with van der Waals surface area (Å²) in [7, 11) is 0. The number of rotatable bonds is 8. The van der Waals surface area contributed by atoms with Gasteiger partial charge in [0.2, 0.25) is 0 Å². The van der Waals surface area contributed by atoms with Crippen LogP contribution in [0.25, 0.3) is 0 Å². The SMILES string of the molecule is O=C(O)CCCOc1ccc(CNC(=O)c2ccc(C(F)(F)F)cc2)cc1. The van der Waals surface area contributed by atoms with E-state index >= 15 is 0 Å². The molecule has 5 nitrogen and oxygen atoms in total. The summed E-state index contributed by atoms with van der Waals surface area (Å²) in [6, 6.07) is 10.9. The summed E-state index contributed by atoms with van der Waals surface area (Å²) in [5, 5.41) is 11.2. The van der Waals surface area contributed by atoms with Gasteiger partial charge in [0.05, 0.1) is 12.2 Å². The zero-order valence-electron chi connectivity index (χ0n) is 14.3. The minimum atomic E-state index is -4.44. The molecule has 0 aromatic heterocycles. The second-order valence-electron chi connectivity index (χ2n) is 5.75. The predicted octanol–water partition coefficient (Wildman–Crippen LogP) is 3.88. The highest BCUT2D eigenvalue weighted by Crippen LogP contribution is 2.29. The summed E-state index contributed by atoms with van der Waals surface area (Å²) in [4.78, 5) is 22.4. The van der Waals surface area contributed by atoms with Crippen LogP contribution < -0.4 is 10.1 Å². The molecule has 2 aromatic carbocycles. The van der Waals surface area contributed by atoms with Crippen molar-refractivity contribution in [2.75, 3.05) is 6.61 Å². The third-order valence-electron chi connectivity index (χ3n) is 3.65. The quantitative estimate of drug-likeness (QED) is 0.681.